The molecular formula is C29H22F5O3S+. The van der Waals surface area contributed by atoms with Gasteiger partial charge in [-0.3, -0.25) is 0 Å². The minimum absolute atomic E-state index is 0.185. The SMILES string of the molecule is CC(C)(OC(=O)COc1ccc([S+](c2cc(F)cc(F)c2)c2cc(F)cc(F)c2)cc1)c1cccc(F)c1. The summed E-state index contributed by atoms with van der Waals surface area (Å²) in [6.45, 7) is 2.81. The Morgan fingerprint density at radius 2 is 1.21 bits per heavy atom. The predicted octanol–water partition coefficient (Wildman–Crippen LogP) is 7.33. The van der Waals surface area contributed by atoms with Crippen LogP contribution in [0.4, 0.5) is 22.0 Å². The second-order valence-corrected chi connectivity index (χ2v) is 10.8. The Morgan fingerprint density at radius 3 is 1.71 bits per heavy atom. The molecule has 0 aliphatic heterocycles. The monoisotopic (exact) mass is 545 g/mol. The van der Waals surface area contributed by atoms with Crippen LogP contribution < -0.4 is 4.74 Å². The van der Waals surface area contributed by atoms with Crippen molar-refractivity contribution in [2.24, 2.45) is 0 Å². The Labute approximate surface area is 219 Å². The van der Waals surface area contributed by atoms with E-state index in [2.05, 4.69) is 0 Å². The summed E-state index contributed by atoms with van der Waals surface area (Å²) in [5.74, 6) is -4.16. The average Bonchev–Trinajstić information content (AvgIpc) is 2.82. The van der Waals surface area contributed by atoms with Crippen molar-refractivity contribution in [3.05, 3.63) is 120 Å². The zero-order valence-corrected chi connectivity index (χ0v) is 21.1. The Morgan fingerprint density at radius 1 is 0.684 bits per heavy atom. The van der Waals surface area contributed by atoms with Gasteiger partial charge in [-0.15, -0.1) is 0 Å². The molecule has 0 saturated carbocycles. The van der Waals surface area contributed by atoms with Crippen molar-refractivity contribution in [1.29, 1.82) is 0 Å². The van der Waals surface area contributed by atoms with Gasteiger partial charge in [0.15, 0.2) is 21.3 Å². The Hall–Kier alpha value is -3.85. The molecule has 0 saturated heterocycles. The number of halogens is 5. The van der Waals surface area contributed by atoms with Gasteiger partial charge in [0.05, 0.1) is 10.9 Å². The lowest BCUT2D eigenvalue weighted by Gasteiger charge is -2.25. The summed E-state index contributed by atoms with van der Waals surface area (Å²) >= 11 is 0. The molecule has 4 aromatic carbocycles. The molecule has 0 amide bonds. The highest BCUT2D eigenvalue weighted by Gasteiger charge is 2.31. The molecular weight excluding hydrogens is 523 g/mol. The summed E-state index contributed by atoms with van der Waals surface area (Å²) in [5, 5.41) is 0. The van der Waals surface area contributed by atoms with Crippen molar-refractivity contribution in [3.8, 4) is 5.75 Å². The van der Waals surface area contributed by atoms with E-state index in [1.54, 1.807) is 32.0 Å². The molecule has 9 heteroatoms. The third kappa shape index (κ3) is 6.72. The van der Waals surface area contributed by atoms with Crippen LogP contribution in [0.25, 0.3) is 0 Å². The third-order valence-corrected chi connectivity index (χ3v) is 7.61. The molecule has 0 radical (unpaired) electrons. The second kappa shape index (κ2) is 11.3. The zero-order valence-electron chi connectivity index (χ0n) is 20.3. The van der Waals surface area contributed by atoms with Gasteiger partial charge in [-0.2, -0.15) is 0 Å². The molecule has 0 N–H and O–H groups in total. The first-order chi connectivity index (χ1) is 18.0. The first-order valence-corrected chi connectivity index (χ1v) is 12.6. The number of hydrogen-bond donors (Lipinski definition) is 0. The normalized spacial score (nSPS) is 11.5. The van der Waals surface area contributed by atoms with Gasteiger partial charge in [0.2, 0.25) is 0 Å². The fourth-order valence-electron chi connectivity index (χ4n) is 3.75. The molecule has 0 unspecified atom stereocenters. The van der Waals surface area contributed by atoms with E-state index in [0.717, 1.165) is 24.3 Å². The number of ether oxygens (including phenoxy) is 2. The van der Waals surface area contributed by atoms with Crippen LogP contribution in [-0.2, 0) is 26.0 Å². The quantitative estimate of drug-likeness (QED) is 0.132. The molecule has 4 rings (SSSR count). The molecule has 38 heavy (non-hydrogen) atoms. The topological polar surface area (TPSA) is 35.5 Å². The highest BCUT2D eigenvalue weighted by atomic mass is 32.2. The lowest BCUT2D eigenvalue weighted by Crippen LogP contribution is -2.28. The second-order valence-electron chi connectivity index (χ2n) is 8.77. The maximum Gasteiger partial charge on any atom is 0.345 e. The van der Waals surface area contributed by atoms with Crippen LogP contribution in [0.1, 0.15) is 19.4 Å². The molecule has 0 aliphatic carbocycles. The summed E-state index contributed by atoms with van der Waals surface area (Å²) in [5.41, 5.74) is -0.619. The van der Waals surface area contributed by atoms with Crippen LogP contribution >= 0.6 is 0 Å². The van der Waals surface area contributed by atoms with E-state index in [-0.39, 0.29) is 15.5 Å². The smallest absolute Gasteiger partial charge is 0.345 e. The maximum absolute atomic E-state index is 14.0. The van der Waals surface area contributed by atoms with Gasteiger partial charge in [-0.05, 0) is 55.8 Å². The van der Waals surface area contributed by atoms with Crippen LogP contribution in [-0.4, -0.2) is 12.6 Å². The van der Waals surface area contributed by atoms with Crippen LogP contribution in [0.15, 0.2) is 99.6 Å². The fourth-order valence-corrected chi connectivity index (χ4v) is 5.90. The van der Waals surface area contributed by atoms with E-state index in [0.29, 0.717) is 22.6 Å². The van der Waals surface area contributed by atoms with Crippen molar-refractivity contribution >= 4 is 16.9 Å². The summed E-state index contributed by atoms with van der Waals surface area (Å²) in [6.07, 6.45) is 0. The van der Waals surface area contributed by atoms with Crippen LogP contribution in [0.2, 0.25) is 0 Å². The van der Waals surface area contributed by atoms with E-state index in [9.17, 15) is 26.7 Å². The highest BCUT2D eigenvalue weighted by Crippen LogP contribution is 2.34. The molecule has 0 bridgehead atoms. The number of carbonyl (C=O) groups is 1. The largest absolute Gasteiger partial charge is 0.482 e. The van der Waals surface area contributed by atoms with Gasteiger partial charge >= 0.3 is 5.97 Å². The number of esters is 1. The first kappa shape index (κ1) is 27.2. The third-order valence-electron chi connectivity index (χ3n) is 5.45. The predicted molar refractivity (Wildman–Crippen MR) is 132 cm³/mol. The van der Waals surface area contributed by atoms with Gasteiger partial charge in [0, 0.05) is 36.4 Å². The molecule has 0 heterocycles. The molecule has 0 fully saturated rings. The van der Waals surface area contributed by atoms with Gasteiger partial charge in [0.25, 0.3) is 0 Å². The Balaban J connectivity index is 1.52. The highest BCUT2D eigenvalue weighted by molar-refractivity contribution is 7.97. The number of carbonyl (C=O) groups excluding carboxylic acids is 1. The lowest BCUT2D eigenvalue weighted by atomic mass is 9.98. The van der Waals surface area contributed by atoms with Crippen molar-refractivity contribution < 1.29 is 36.2 Å². The van der Waals surface area contributed by atoms with Crippen LogP contribution in [0.5, 0.6) is 5.75 Å². The molecule has 0 aliphatic rings. The summed E-state index contributed by atoms with van der Waals surface area (Å²) < 4.78 is 80.5. The van der Waals surface area contributed by atoms with Gasteiger partial charge in [-0.1, -0.05) is 12.1 Å². The van der Waals surface area contributed by atoms with Crippen molar-refractivity contribution in [2.45, 2.75) is 34.1 Å². The van der Waals surface area contributed by atoms with Crippen LogP contribution in [0.3, 0.4) is 0 Å². The molecule has 196 valence electrons. The van der Waals surface area contributed by atoms with Crippen molar-refractivity contribution in [1.82, 2.24) is 0 Å². The van der Waals surface area contributed by atoms with E-state index in [1.807, 2.05) is 0 Å². The fraction of sp³-hybridized carbons (Fsp3) is 0.138. The maximum atomic E-state index is 14.0. The molecule has 0 aromatic heterocycles. The summed E-state index contributed by atoms with van der Waals surface area (Å²) in [7, 11) is -1.25. The summed E-state index contributed by atoms with van der Waals surface area (Å²) in [4.78, 5) is 13.3. The molecule has 3 nitrogen and oxygen atoms in total. The van der Waals surface area contributed by atoms with E-state index in [1.165, 1.54) is 30.3 Å². The van der Waals surface area contributed by atoms with Crippen molar-refractivity contribution in [2.75, 3.05) is 6.61 Å². The standard InChI is InChI=1S/C29H22F5O3S/c1-29(2,18-4-3-5-19(30)10-18)37-28(35)17-36-24-6-8-25(9-7-24)38(26-13-20(31)11-21(32)14-26)27-15-22(33)12-23(34)16-27/h3-16H,17H2,1-2H3/q+1. The van der Waals surface area contributed by atoms with E-state index < -0.39 is 58.2 Å². The number of rotatable bonds is 8. The minimum Gasteiger partial charge on any atom is -0.482 e. The Bertz CT molecular complexity index is 1370. The lowest BCUT2D eigenvalue weighted by molar-refractivity contribution is -0.159. The van der Waals surface area contributed by atoms with E-state index >= 15 is 0 Å². The van der Waals surface area contributed by atoms with Gasteiger partial charge in [-0.25, -0.2) is 26.7 Å². The molecule has 0 atom stereocenters. The van der Waals surface area contributed by atoms with Gasteiger partial charge in [0.1, 0.15) is 40.4 Å². The average molecular weight is 546 g/mol. The van der Waals surface area contributed by atoms with E-state index in [4.69, 9.17) is 9.47 Å². The summed E-state index contributed by atoms with van der Waals surface area (Å²) in [6, 6.07) is 17.8. The minimum atomic E-state index is -1.25. The van der Waals surface area contributed by atoms with Gasteiger partial charge < -0.3 is 9.47 Å². The first-order valence-electron chi connectivity index (χ1n) is 11.4. The molecule has 0 spiro atoms. The molecule has 4 aromatic rings. The van der Waals surface area contributed by atoms with Crippen molar-refractivity contribution in [3.63, 3.8) is 0 Å². The zero-order chi connectivity index (χ0) is 27.4. The number of hydrogen-bond acceptors (Lipinski definition) is 3. The Kier molecular flexibility index (Phi) is 8.06. The van der Waals surface area contributed by atoms with Crippen LogP contribution in [0, 0.1) is 29.1 Å². The number of benzene rings is 4.